The predicted molar refractivity (Wildman–Crippen MR) is 129 cm³/mol. The van der Waals surface area contributed by atoms with Gasteiger partial charge >= 0.3 is 0 Å². The zero-order valence-electron chi connectivity index (χ0n) is 18.5. The van der Waals surface area contributed by atoms with Crippen molar-refractivity contribution in [3.8, 4) is 17.2 Å². The first kappa shape index (κ1) is 26.6. The number of aliphatic imine (C=N–C) groups is 1. The molecule has 1 fully saturated rings. The van der Waals surface area contributed by atoms with Crippen LogP contribution < -0.4 is 24.8 Å². The van der Waals surface area contributed by atoms with Gasteiger partial charge in [-0.25, -0.2) is 4.99 Å². The molecule has 1 atom stereocenters. The summed E-state index contributed by atoms with van der Waals surface area (Å²) in [7, 11) is 4.82. The fourth-order valence-electron chi connectivity index (χ4n) is 3.14. The summed E-state index contributed by atoms with van der Waals surface area (Å²) in [4.78, 5) is 4.66. The van der Waals surface area contributed by atoms with Crippen LogP contribution in [-0.2, 0) is 16.0 Å². The molecule has 0 aromatic heterocycles. The molecular weight excluding hydrogens is 501 g/mol. The van der Waals surface area contributed by atoms with E-state index in [2.05, 4.69) is 15.6 Å². The number of halogens is 1. The van der Waals surface area contributed by atoms with Gasteiger partial charge in [-0.2, -0.15) is 0 Å². The third-order valence-corrected chi connectivity index (χ3v) is 4.67. The molecule has 1 aromatic carbocycles. The van der Waals surface area contributed by atoms with Crippen molar-refractivity contribution in [2.24, 2.45) is 10.9 Å². The van der Waals surface area contributed by atoms with Crippen LogP contribution in [0.5, 0.6) is 17.2 Å². The second kappa shape index (κ2) is 15.4. The van der Waals surface area contributed by atoms with Gasteiger partial charge in [0.2, 0.25) is 5.75 Å². The highest BCUT2D eigenvalue weighted by Crippen LogP contribution is 2.39. The van der Waals surface area contributed by atoms with Gasteiger partial charge in [0.05, 0.1) is 41.1 Å². The van der Waals surface area contributed by atoms with Crippen molar-refractivity contribution in [2.45, 2.75) is 26.3 Å². The van der Waals surface area contributed by atoms with Gasteiger partial charge < -0.3 is 34.3 Å². The highest BCUT2D eigenvalue weighted by Gasteiger charge is 2.16. The lowest BCUT2D eigenvalue weighted by atomic mass is 10.1. The van der Waals surface area contributed by atoms with Crippen LogP contribution in [0.2, 0.25) is 0 Å². The van der Waals surface area contributed by atoms with Gasteiger partial charge in [-0.1, -0.05) is 0 Å². The standard InChI is InChI=1S/C21H35N3O5.HI/c1-5-22-21(23-10-6-11-28-14-16-9-12-29-15-16)24-13-17-7-8-18(25-2)20(27-4)19(17)26-3;/h7-8,16H,5-6,9-15H2,1-4H3,(H2,22,23,24);1H. The van der Waals surface area contributed by atoms with Crippen molar-refractivity contribution >= 4 is 29.9 Å². The van der Waals surface area contributed by atoms with Crippen LogP contribution >= 0.6 is 24.0 Å². The third kappa shape index (κ3) is 8.35. The number of hydrogen-bond donors (Lipinski definition) is 2. The fraction of sp³-hybridized carbons (Fsp3) is 0.667. The Morgan fingerprint density at radius 1 is 1.13 bits per heavy atom. The van der Waals surface area contributed by atoms with E-state index in [1.807, 2.05) is 19.1 Å². The SMILES string of the molecule is CCNC(=NCc1ccc(OC)c(OC)c1OC)NCCCOCC1CCOC1.I. The van der Waals surface area contributed by atoms with E-state index < -0.39 is 0 Å². The topological polar surface area (TPSA) is 82.6 Å². The maximum absolute atomic E-state index is 5.74. The van der Waals surface area contributed by atoms with Crippen molar-refractivity contribution in [2.75, 3.05) is 60.8 Å². The monoisotopic (exact) mass is 537 g/mol. The highest BCUT2D eigenvalue weighted by molar-refractivity contribution is 14.0. The second-order valence-electron chi connectivity index (χ2n) is 6.77. The zero-order chi connectivity index (χ0) is 20.9. The zero-order valence-corrected chi connectivity index (χ0v) is 20.8. The number of ether oxygens (including phenoxy) is 5. The summed E-state index contributed by atoms with van der Waals surface area (Å²) < 4.78 is 27.4. The molecule has 30 heavy (non-hydrogen) atoms. The Morgan fingerprint density at radius 2 is 1.93 bits per heavy atom. The molecule has 0 radical (unpaired) electrons. The summed E-state index contributed by atoms with van der Waals surface area (Å²) in [6.45, 7) is 7.28. The average Bonchev–Trinajstić information content (AvgIpc) is 3.26. The molecular formula is C21H36IN3O5. The molecule has 1 aliphatic heterocycles. The number of nitrogens with one attached hydrogen (secondary N) is 2. The largest absolute Gasteiger partial charge is 0.493 e. The lowest BCUT2D eigenvalue weighted by molar-refractivity contribution is 0.0888. The normalized spacial score (nSPS) is 16.0. The van der Waals surface area contributed by atoms with Gasteiger partial charge in [-0.05, 0) is 31.9 Å². The van der Waals surface area contributed by atoms with Crippen molar-refractivity contribution in [3.63, 3.8) is 0 Å². The minimum atomic E-state index is 0. The highest BCUT2D eigenvalue weighted by atomic mass is 127. The molecule has 1 unspecified atom stereocenters. The first-order valence-corrected chi connectivity index (χ1v) is 10.2. The summed E-state index contributed by atoms with van der Waals surface area (Å²) in [6.07, 6.45) is 2.02. The van der Waals surface area contributed by atoms with Crippen molar-refractivity contribution in [1.82, 2.24) is 10.6 Å². The smallest absolute Gasteiger partial charge is 0.203 e. The average molecular weight is 537 g/mol. The first-order chi connectivity index (χ1) is 14.2. The summed E-state index contributed by atoms with van der Waals surface area (Å²) in [6, 6.07) is 3.80. The Bertz CT molecular complexity index is 639. The second-order valence-corrected chi connectivity index (χ2v) is 6.77. The van der Waals surface area contributed by atoms with Crippen LogP contribution in [0.25, 0.3) is 0 Å². The van der Waals surface area contributed by atoms with Crippen LogP contribution in [0, 0.1) is 5.92 Å². The maximum Gasteiger partial charge on any atom is 0.203 e. The molecule has 0 bridgehead atoms. The first-order valence-electron chi connectivity index (χ1n) is 10.2. The van der Waals surface area contributed by atoms with E-state index in [1.165, 1.54) is 0 Å². The van der Waals surface area contributed by atoms with Gasteiger partial charge in [0.25, 0.3) is 0 Å². The summed E-state index contributed by atoms with van der Waals surface area (Å²) in [5.41, 5.74) is 0.921. The van der Waals surface area contributed by atoms with E-state index in [1.54, 1.807) is 21.3 Å². The van der Waals surface area contributed by atoms with Crippen molar-refractivity contribution in [1.29, 1.82) is 0 Å². The van der Waals surface area contributed by atoms with Crippen molar-refractivity contribution in [3.05, 3.63) is 17.7 Å². The Balaban J connectivity index is 0.00000450. The minimum absolute atomic E-state index is 0. The van der Waals surface area contributed by atoms with Crippen LogP contribution in [0.3, 0.4) is 0 Å². The molecule has 0 aliphatic carbocycles. The van der Waals surface area contributed by atoms with Crippen LogP contribution in [-0.4, -0.2) is 66.8 Å². The molecule has 1 aromatic rings. The van der Waals surface area contributed by atoms with Gasteiger partial charge in [-0.15, -0.1) is 24.0 Å². The van der Waals surface area contributed by atoms with Gasteiger partial charge in [0.1, 0.15) is 0 Å². The molecule has 2 N–H and O–H groups in total. The number of methoxy groups -OCH3 is 3. The Hall–Kier alpha value is -1.46. The van der Waals surface area contributed by atoms with Gasteiger partial charge in [0, 0.05) is 37.8 Å². The van der Waals surface area contributed by atoms with Crippen LogP contribution in [0.4, 0.5) is 0 Å². The number of rotatable bonds is 12. The van der Waals surface area contributed by atoms with E-state index in [-0.39, 0.29) is 24.0 Å². The fourth-order valence-corrected chi connectivity index (χ4v) is 3.14. The number of guanidine groups is 1. The van der Waals surface area contributed by atoms with Crippen LogP contribution in [0.15, 0.2) is 17.1 Å². The van der Waals surface area contributed by atoms with E-state index in [0.717, 1.165) is 63.9 Å². The third-order valence-electron chi connectivity index (χ3n) is 4.67. The summed E-state index contributed by atoms with van der Waals surface area (Å²) >= 11 is 0. The van der Waals surface area contributed by atoms with Crippen molar-refractivity contribution < 1.29 is 23.7 Å². The number of benzene rings is 1. The number of hydrogen-bond acceptors (Lipinski definition) is 6. The Morgan fingerprint density at radius 3 is 2.57 bits per heavy atom. The van der Waals surface area contributed by atoms with E-state index >= 15 is 0 Å². The van der Waals surface area contributed by atoms with E-state index in [0.29, 0.717) is 29.7 Å². The Kier molecular flexibility index (Phi) is 13.6. The van der Waals surface area contributed by atoms with E-state index in [9.17, 15) is 0 Å². The van der Waals surface area contributed by atoms with Gasteiger partial charge in [0.15, 0.2) is 17.5 Å². The molecule has 1 aliphatic rings. The summed E-state index contributed by atoms with van der Waals surface area (Å²) in [5.74, 6) is 3.15. The molecule has 8 nitrogen and oxygen atoms in total. The summed E-state index contributed by atoms with van der Waals surface area (Å²) in [5, 5.41) is 6.61. The van der Waals surface area contributed by atoms with Crippen LogP contribution in [0.1, 0.15) is 25.3 Å². The Labute approximate surface area is 197 Å². The number of nitrogens with zero attached hydrogens (tertiary/aromatic N) is 1. The van der Waals surface area contributed by atoms with Gasteiger partial charge in [-0.3, -0.25) is 0 Å². The molecule has 2 rings (SSSR count). The molecule has 1 heterocycles. The molecule has 1 saturated heterocycles. The van der Waals surface area contributed by atoms with E-state index in [4.69, 9.17) is 23.7 Å². The lowest BCUT2D eigenvalue weighted by Gasteiger charge is -2.16. The molecule has 0 amide bonds. The predicted octanol–water partition coefficient (Wildman–Crippen LogP) is 2.83. The molecule has 0 saturated carbocycles. The minimum Gasteiger partial charge on any atom is -0.493 e. The lowest BCUT2D eigenvalue weighted by Crippen LogP contribution is -2.38. The molecule has 0 spiro atoms. The quantitative estimate of drug-likeness (QED) is 0.184. The molecule has 9 heteroatoms. The molecule has 172 valence electrons. The maximum atomic E-state index is 5.74.